The van der Waals surface area contributed by atoms with Crippen molar-refractivity contribution in [3.8, 4) is 11.3 Å². The lowest BCUT2D eigenvalue weighted by atomic mass is 10.1. The minimum atomic E-state index is 0.00907. The van der Waals surface area contributed by atoms with E-state index in [4.69, 9.17) is 0 Å². The molecule has 0 saturated carbocycles. The number of hydrogen-bond donors (Lipinski definition) is 0. The summed E-state index contributed by atoms with van der Waals surface area (Å²) in [7, 11) is 1.81. The smallest absolute Gasteiger partial charge is 0.272 e. The topological polar surface area (TPSA) is 68.8 Å². The van der Waals surface area contributed by atoms with E-state index in [0.717, 1.165) is 24.2 Å². The Balaban J connectivity index is 1.54. The number of likely N-dealkylation sites (tertiary alicyclic amines) is 1. The molecule has 3 heterocycles. The summed E-state index contributed by atoms with van der Waals surface area (Å²) in [4.78, 5) is 14.7. The molecular formula is C17H18N6O. The quantitative estimate of drug-likeness (QED) is 0.737. The first kappa shape index (κ1) is 14.6. The summed E-state index contributed by atoms with van der Waals surface area (Å²) in [6.07, 6.45) is 4.40. The van der Waals surface area contributed by atoms with Gasteiger partial charge >= 0.3 is 0 Å². The van der Waals surface area contributed by atoms with E-state index in [1.165, 1.54) is 0 Å². The van der Waals surface area contributed by atoms with Gasteiger partial charge in [0.05, 0.1) is 17.9 Å². The molecule has 0 bridgehead atoms. The van der Waals surface area contributed by atoms with Gasteiger partial charge < -0.3 is 4.90 Å². The summed E-state index contributed by atoms with van der Waals surface area (Å²) in [5.74, 6) is 0.00907. The average molecular weight is 322 g/mol. The monoisotopic (exact) mass is 322 g/mol. The van der Waals surface area contributed by atoms with Gasteiger partial charge in [-0.15, -0.1) is 5.10 Å². The molecule has 0 aliphatic carbocycles. The van der Waals surface area contributed by atoms with Crippen LogP contribution in [0.25, 0.3) is 11.3 Å². The van der Waals surface area contributed by atoms with Gasteiger partial charge in [0.15, 0.2) is 0 Å². The predicted molar refractivity (Wildman–Crippen MR) is 88.2 cm³/mol. The Kier molecular flexibility index (Phi) is 3.60. The molecular weight excluding hydrogens is 304 g/mol. The van der Waals surface area contributed by atoms with Crippen LogP contribution in [0.3, 0.4) is 0 Å². The zero-order valence-corrected chi connectivity index (χ0v) is 13.4. The summed E-state index contributed by atoms with van der Waals surface area (Å²) in [5.41, 5.74) is 2.43. The van der Waals surface area contributed by atoms with Crippen molar-refractivity contribution in [3.63, 3.8) is 0 Å². The molecule has 1 aliphatic rings. The van der Waals surface area contributed by atoms with Crippen LogP contribution in [-0.2, 0) is 7.05 Å². The normalized spacial score (nSPS) is 17.4. The van der Waals surface area contributed by atoms with E-state index < -0.39 is 0 Å². The number of rotatable bonds is 3. The van der Waals surface area contributed by atoms with Crippen LogP contribution in [0.4, 0.5) is 0 Å². The Bertz CT molecular complexity index is 839. The Labute approximate surface area is 139 Å². The maximum Gasteiger partial charge on any atom is 0.272 e. The predicted octanol–water partition coefficient (Wildman–Crippen LogP) is 1.77. The van der Waals surface area contributed by atoms with E-state index in [-0.39, 0.29) is 11.9 Å². The van der Waals surface area contributed by atoms with Crippen molar-refractivity contribution < 1.29 is 4.79 Å². The molecule has 4 rings (SSSR count). The first-order valence-corrected chi connectivity index (χ1v) is 7.97. The maximum absolute atomic E-state index is 12.8. The number of carbonyl (C=O) groups excluding carboxylic acids is 1. The van der Waals surface area contributed by atoms with Gasteiger partial charge in [-0.05, 0) is 12.5 Å². The summed E-state index contributed by atoms with van der Waals surface area (Å²) in [6, 6.07) is 11.9. The first-order valence-electron chi connectivity index (χ1n) is 7.97. The van der Waals surface area contributed by atoms with Crippen LogP contribution in [0.5, 0.6) is 0 Å². The molecule has 0 N–H and O–H groups in total. The summed E-state index contributed by atoms with van der Waals surface area (Å²) < 4.78 is 3.49. The Morgan fingerprint density at radius 2 is 2.08 bits per heavy atom. The molecule has 1 atom stereocenters. The van der Waals surface area contributed by atoms with E-state index >= 15 is 0 Å². The van der Waals surface area contributed by atoms with Gasteiger partial charge in [-0.2, -0.15) is 5.10 Å². The highest BCUT2D eigenvalue weighted by Gasteiger charge is 2.30. The molecule has 0 spiro atoms. The van der Waals surface area contributed by atoms with Gasteiger partial charge in [0.1, 0.15) is 5.69 Å². The van der Waals surface area contributed by atoms with Crippen molar-refractivity contribution in [2.24, 2.45) is 7.05 Å². The van der Waals surface area contributed by atoms with Crippen LogP contribution in [0.15, 0.2) is 48.8 Å². The highest BCUT2D eigenvalue weighted by atomic mass is 16.2. The second kappa shape index (κ2) is 5.92. The highest BCUT2D eigenvalue weighted by molar-refractivity contribution is 5.94. The van der Waals surface area contributed by atoms with Crippen LogP contribution in [0.2, 0.25) is 0 Å². The average Bonchev–Trinajstić information content (AvgIpc) is 3.35. The summed E-state index contributed by atoms with van der Waals surface area (Å²) >= 11 is 0. The Morgan fingerprint density at radius 1 is 1.25 bits per heavy atom. The number of amides is 1. The second-order valence-corrected chi connectivity index (χ2v) is 5.98. The fraction of sp³-hybridized carbons (Fsp3) is 0.294. The number of benzene rings is 1. The first-order chi connectivity index (χ1) is 11.7. The lowest BCUT2D eigenvalue weighted by Gasteiger charge is -2.16. The molecule has 1 amide bonds. The third kappa shape index (κ3) is 2.58. The van der Waals surface area contributed by atoms with E-state index in [1.807, 2.05) is 59.2 Å². The molecule has 3 aromatic rings. The van der Waals surface area contributed by atoms with Crippen molar-refractivity contribution in [2.75, 3.05) is 13.1 Å². The third-order valence-corrected chi connectivity index (χ3v) is 4.43. The lowest BCUT2D eigenvalue weighted by molar-refractivity contribution is 0.0776. The minimum Gasteiger partial charge on any atom is -0.335 e. The molecule has 0 radical (unpaired) electrons. The van der Waals surface area contributed by atoms with E-state index in [1.54, 1.807) is 10.9 Å². The molecule has 2 aromatic heterocycles. The Hall–Kier alpha value is -2.96. The number of hydrogen-bond acceptors (Lipinski definition) is 4. The number of aromatic nitrogens is 5. The zero-order valence-electron chi connectivity index (χ0n) is 13.4. The van der Waals surface area contributed by atoms with Gasteiger partial charge in [0.2, 0.25) is 0 Å². The number of carbonyl (C=O) groups is 1. The molecule has 1 saturated heterocycles. The lowest BCUT2D eigenvalue weighted by Crippen LogP contribution is -2.30. The van der Waals surface area contributed by atoms with Gasteiger partial charge in [0, 0.05) is 31.9 Å². The van der Waals surface area contributed by atoms with Crippen LogP contribution in [-0.4, -0.2) is 48.7 Å². The van der Waals surface area contributed by atoms with E-state index in [9.17, 15) is 4.79 Å². The van der Waals surface area contributed by atoms with Crippen LogP contribution in [0.1, 0.15) is 23.0 Å². The van der Waals surface area contributed by atoms with E-state index in [0.29, 0.717) is 12.2 Å². The molecule has 1 aliphatic heterocycles. The van der Waals surface area contributed by atoms with Crippen molar-refractivity contribution in [1.82, 2.24) is 29.7 Å². The Morgan fingerprint density at radius 3 is 2.83 bits per heavy atom. The standard InChI is InChI=1S/C17H18N6O/c1-21-16(11-15(19-21)13-5-3-2-4-6-13)17(24)22-9-7-14(12-22)23-10-8-18-20-23/h2-6,8,10-11,14H,7,9,12H2,1H3. The van der Waals surface area contributed by atoms with Crippen LogP contribution in [0, 0.1) is 0 Å². The number of aryl methyl sites for hydroxylation is 1. The van der Waals surface area contributed by atoms with Crippen molar-refractivity contribution in [3.05, 3.63) is 54.5 Å². The fourth-order valence-corrected chi connectivity index (χ4v) is 3.13. The second-order valence-electron chi connectivity index (χ2n) is 5.98. The molecule has 1 aromatic carbocycles. The molecule has 7 heteroatoms. The van der Waals surface area contributed by atoms with Gasteiger partial charge in [-0.3, -0.25) is 9.48 Å². The summed E-state index contributed by atoms with van der Waals surface area (Å²) in [6.45, 7) is 1.36. The van der Waals surface area contributed by atoms with Gasteiger partial charge in [-0.1, -0.05) is 35.5 Å². The maximum atomic E-state index is 12.8. The number of nitrogens with zero attached hydrogens (tertiary/aromatic N) is 6. The summed E-state index contributed by atoms with van der Waals surface area (Å²) in [5, 5.41) is 12.4. The third-order valence-electron chi connectivity index (χ3n) is 4.43. The molecule has 7 nitrogen and oxygen atoms in total. The minimum absolute atomic E-state index is 0.00907. The van der Waals surface area contributed by atoms with Crippen LogP contribution < -0.4 is 0 Å². The van der Waals surface area contributed by atoms with Crippen LogP contribution >= 0.6 is 0 Å². The van der Waals surface area contributed by atoms with E-state index in [2.05, 4.69) is 15.4 Å². The van der Waals surface area contributed by atoms with Crippen molar-refractivity contribution in [2.45, 2.75) is 12.5 Å². The van der Waals surface area contributed by atoms with Crippen molar-refractivity contribution in [1.29, 1.82) is 0 Å². The largest absolute Gasteiger partial charge is 0.335 e. The SMILES string of the molecule is Cn1nc(-c2ccccc2)cc1C(=O)N1CCC(n2ccnn2)C1. The van der Waals surface area contributed by atoms with Gasteiger partial charge in [-0.25, -0.2) is 4.68 Å². The molecule has 1 fully saturated rings. The molecule has 122 valence electrons. The highest BCUT2D eigenvalue weighted by Crippen LogP contribution is 2.24. The molecule has 24 heavy (non-hydrogen) atoms. The fourth-order valence-electron chi connectivity index (χ4n) is 3.13. The zero-order chi connectivity index (χ0) is 16.5. The van der Waals surface area contributed by atoms with Gasteiger partial charge in [0.25, 0.3) is 5.91 Å². The van der Waals surface area contributed by atoms with Crippen molar-refractivity contribution >= 4 is 5.91 Å². The molecule has 1 unspecified atom stereocenters.